The molecule has 5 nitrogen and oxygen atoms in total. The molecule has 1 aromatic rings. The molecule has 0 bridgehead atoms. The second-order valence-electron chi connectivity index (χ2n) is 6.01. The molecular weight excluding hydrogens is 252 g/mol. The molecule has 2 saturated heterocycles. The Kier molecular flexibility index (Phi) is 4.17. The topological polar surface area (TPSA) is 41.5 Å². The Labute approximate surface area is 121 Å². The zero-order valence-corrected chi connectivity index (χ0v) is 12.4. The van der Waals surface area contributed by atoms with Gasteiger partial charge in [-0.15, -0.1) is 0 Å². The Balaban J connectivity index is 1.64. The van der Waals surface area contributed by atoms with Gasteiger partial charge in [0.1, 0.15) is 0 Å². The maximum Gasteiger partial charge on any atom is 0.225 e. The number of aromatic nitrogens is 2. The van der Waals surface area contributed by atoms with E-state index in [9.17, 15) is 0 Å². The highest BCUT2D eigenvalue weighted by Crippen LogP contribution is 2.23. The number of hydrogen-bond acceptors (Lipinski definition) is 5. The van der Waals surface area contributed by atoms with Crippen molar-refractivity contribution in [3.8, 4) is 0 Å². The van der Waals surface area contributed by atoms with Crippen molar-refractivity contribution in [2.75, 3.05) is 31.1 Å². The molecule has 0 saturated carbocycles. The van der Waals surface area contributed by atoms with Gasteiger partial charge in [-0.3, -0.25) is 4.90 Å². The van der Waals surface area contributed by atoms with Crippen LogP contribution in [-0.4, -0.2) is 59.3 Å². The maximum absolute atomic E-state index is 5.81. The first-order chi connectivity index (χ1) is 9.72. The molecular formula is C15H24N4O. The minimum atomic E-state index is 0.335. The smallest absolute Gasteiger partial charge is 0.225 e. The summed E-state index contributed by atoms with van der Waals surface area (Å²) in [7, 11) is 0. The van der Waals surface area contributed by atoms with E-state index in [1.54, 1.807) is 0 Å². The molecule has 0 amide bonds. The summed E-state index contributed by atoms with van der Waals surface area (Å²) < 4.78 is 5.81. The predicted molar refractivity (Wildman–Crippen MR) is 78.8 cm³/mol. The standard InChI is InChI=1S/C15H24N4O/c1-12-9-18(10-13(2)20-12)11-14-5-3-8-19(14)15-16-6-4-7-17-15/h4,6-7,12-14H,3,5,8-11H2,1-2H3/t12-,13-,14-/m1/s1. The molecule has 0 radical (unpaired) electrons. The van der Waals surface area contributed by atoms with Gasteiger partial charge in [0.2, 0.25) is 5.95 Å². The fraction of sp³-hybridized carbons (Fsp3) is 0.733. The molecule has 2 fully saturated rings. The second-order valence-corrected chi connectivity index (χ2v) is 6.01. The molecule has 3 heterocycles. The third kappa shape index (κ3) is 3.10. The van der Waals surface area contributed by atoms with Crippen molar-refractivity contribution < 1.29 is 4.74 Å². The van der Waals surface area contributed by atoms with Gasteiger partial charge in [0.25, 0.3) is 0 Å². The number of nitrogens with zero attached hydrogens (tertiary/aromatic N) is 4. The van der Waals surface area contributed by atoms with Crippen molar-refractivity contribution in [3.05, 3.63) is 18.5 Å². The van der Waals surface area contributed by atoms with Crippen molar-refractivity contribution in [2.24, 2.45) is 0 Å². The second kappa shape index (κ2) is 6.06. The molecule has 0 N–H and O–H groups in total. The number of ether oxygens (including phenoxy) is 1. The molecule has 1 aromatic heterocycles. The first kappa shape index (κ1) is 13.8. The highest BCUT2D eigenvalue weighted by molar-refractivity contribution is 5.32. The molecule has 0 aromatic carbocycles. The quantitative estimate of drug-likeness (QED) is 0.838. The lowest BCUT2D eigenvalue weighted by Gasteiger charge is -2.38. The normalized spacial score (nSPS) is 31.7. The van der Waals surface area contributed by atoms with Gasteiger partial charge in [-0.25, -0.2) is 9.97 Å². The summed E-state index contributed by atoms with van der Waals surface area (Å²) in [5, 5.41) is 0. The summed E-state index contributed by atoms with van der Waals surface area (Å²) in [4.78, 5) is 13.7. The largest absolute Gasteiger partial charge is 0.373 e. The highest BCUT2D eigenvalue weighted by Gasteiger charge is 2.30. The molecule has 0 aliphatic carbocycles. The lowest BCUT2D eigenvalue weighted by atomic mass is 10.1. The number of morpholine rings is 1. The van der Waals surface area contributed by atoms with E-state index in [-0.39, 0.29) is 0 Å². The van der Waals surface area contributed by atoms with Crippen LogP contribution >= 0.6 is 0 Å². The number of anilines is 1. The Morgan fingerprint density at radius 2 is 1.90 bits per heavy atom. The SMILES string of the molecule is C[C@@H]1CN(C[C@H]2CCCN2c2ncccn2)C[C@@H](C)O1. The molecule has 5 heteroatoms. The van der Waals surface area contributed by atoms with Crippen LogP contribution in [0.15, 0.2) is 18.5 Å². The van der Waals surface area contributed by atoms with Gasteiger partial charge >= 0.3 is 0 Å². The lowest BCUT2D eigenvalue weighted by Crippen LogP contribution is -2.50. The van der Waals surface area contributed by atoms with Crippen LogP contribution in [0, 0.1) is 0 Å². The van der Waals surface area contributed by atoms with Crippen LogP contribution in [0.3, 0.4) is 0 Å². The Hall–Kier alpha value is -1.20. The van der Waals surface area contributed by atoms with E-state index in [1.807, 2.05) is 18.5 Å². The van der Waals surface area contributed by atoms with Crippen LogP contribution in [0.5, 0.6) is 0 Å². The Morgan fingerprint density at radius 3 is 2.60 bits per heavy atom. The van der Waals surface area contributed by atoms with Gasteiger partial charge in [0.15, 0.2) is 0 Å². The third-order valence-corrected chi connectivity index (χ3v) is 4.15. The maximum atomic E-state index is 5.81. The van der Waals surface area contributed by atoms with Crippen LogP contribution in [0.4, 0.5) is 5.95 Å². The molecule has 2 aliphatic heterocycles. The third-order valence-electron chi connectivity index (χ3n) is 4.15. The van der Waals surface area contributed by atoms with E-state index in [0.717, 1.165) is 32.1 Å². The van der Waals surface area contributed by atoms with Gasteiger partial charge in [0, 0.05) is 44.6 Å². The molecule has 3 atom stereocenters. The van der Waals surface area contributed by atoms with Crippen LogP contribution in [0.25, 0.3) is 0 Å². The number of hydrogen-bond donors (Lipinski definition) is 0. The van der Waals surface area contributed by atoms with Crippen molar-refractivity contribution >= 4 is 5.95 Å². The van der Waals surface area contributed by atoms with E-state index >= 15 is 0 Å². The van der Waals surface area contributed by atoms with Crippen molar-refractivity contribution in [2.45, 2.75) is 44.9 Å². The van der Waals surface area contributed by atoms with Gasteiger partial charge in [-0.05, 0) is 32.8 Å². The molecule has 20 heavy (non-hydrogen) atoms. The predicted octanol–water partition coefficient (Wildman–Crippen LogP) is 1.55. The zero-order chi connectivity index (χ0) is 13.9. The first-order valence-electron chi connectivity index (χ1n) is 7.64. The van der Waals surface area contributed by atoms with E-state index in [4.69, 9.17) is 4.74 Å². The fourth-order valence-corrected chi connectivity index (χ4v) is 3.46. The van der Waals surface area contributed by atoms with Crippen LogP contribution in [0.2, 0.25) is 0 Å². The van der Waals surface area contributed by atoms with E-state index in [2.05, 4.69) is 33.6 Å². The van der Waals surface area contributed by atoms with Gasteiger partial charge < -0.3 is 9.64 Å². The summed E-state index contributed by atoms with van der Waals surface area (Å²) >= 11 is 0. The molecule has 110 valence electrons. The first-order valence-corrected chi connectivity index (χ1v) is 7.64. The number of rotatable bonds is 3. The highest BCUT2D eigenvalue weighted by atomic mass is 16.5. The average molecular weight is 276 g/mol. The Bertz CT molecular complexity index is 417. The summed E-state index contributed by atoms with van der Waals surface area (Å²) in [5.74, 6) is 0.879. The summed E-state index contributed by atoms with van der Waals surface area (Å²) in [6.07, 6.45) is 6.80. The Morgan fingerprint density at radius 1 is 1.20 bits per heavy atom. The molecule has 0 spiro atoms. The van der Waals surface area contributed by atoms with Crippen molar-refractivity contribution in [1.29, 1.82) is 0 Å². The summed E-state index contributed by atoms with van der Waals surface area (Å²) in [6.45, 7) is 8.56. The average Bonchev–Trinajstić information content (AvgIpc) is 2.86. The minimum Gasteiger partial charge on any atom is -0.373 e. The van der Waals surface area contributed by atoms with Gasteiger partial charge in [-0.1, -0.05) is 0 Å². The summed E-state index contributed by atoms with van der Waals surface area (Å²) in [5.41, 5.74) is 0. The zero-order valence-electron chi connectivity index (χ0n) is 12.4. The van der Waals surface area contributed by atoms with Crippen LogP contribution < -0.4 is 4.90 Å². The minimum absolute atomic E-state index is 0.335. The fourth-order valence-electron chi connectivity index (χ4n) is 3.46. The van der Waals surface area contributed by atoms with Crippen molar-refractivity contribution in [3.63, 3.8) is 0 Å². The van der Waals surface area contributed by atoms with Crippen LogP contribution in [0.1, 0.15) is 26.7 Å². The molecule has 2 aliphatic rings. The van der Waals surface area contributed by atoms with E-state index < -0.39 is 0 Å². The lowest BCUT2D eigenvalue weighted by molar-refractivity contribution is -0.0690. The molecule has 3 rings (SSSR count). The summed E-state index contributed by atoms with van der Waals surface area (Å²) in [6, 6.07) is 2.41. The van der Waals surface area contributed by atoms with Gasteiger partial charge in [0.05, 0.1) is 12.2 Å². The molecule has 0 unspecified atom stereocenters. The monoisotopic (exact) mass is 276 g/mol. The van der Waals surface area contributed by atoms with Gasteiger partial charge in [-0.2, -0.15) is 0 Å². The van der Waals surface area contributed by atoms with E-state index in [1.165, 1.54) is 12.8 Å². The van der Waals surface area contributed by atoms with E-state index in [0.29, 0.717) is 18.2 Å². The van der Waals surface area contributed by atoms with Crippen LogP contribution in [-0.2, 0) is 4.74 Å². The van der Waals surface area contributed by atoms with Crippen molar-refractivity contribution in [1.82, 2.24) is 14.9 Å².